The molecule has 4 aromatic carbocycles. The van der Waals surface area contributed by atoms with Crippen molar-refractivity contribution < 1.29 is 39.7 Å². The molecule has 0 aliphatic carbocycles. The zero-order chi connectivity index (χ0) is 31.7. The molecule has 0 amide bonds. The molecule has 0 atom stereocenters. The lowest BCUT2D eigenvalue weighted by atomic mass is 10.3. The highest BCUT2D eigenvalue weighted by atomic mass is 35.5. The number of sulfone groups is 1. The van der Waals surface area contributed by atoms with Gasteiger partial charge in [-0.1, -0.05) is 61.2 Å². The van der Waals surface area contributed by atoms with Gasteiger partial charge in [-0.2, -0.15) is 8.78 Å². The number of ether oxygens (including phenoxy) is 1. The molecule has 0 radical (unpaired) electrons. The molecule has 0 fully saturated rings. The van der Waals surface area contributed by atoms with Gasteiger partial charge in [0.25, 0.3) is 0 Å². The van der Waals surface area contributed by atoms with Crippen LogP contribution >= 0.6 is 11.6 Å². The third-order valence-corrected chi connectivity index (χ3v) is 10.7. The molecule has 0 saturated carbocycles. The number of carbonyl (C=O) groups is 1. The molecule has 226 valence electrons. The smallest absolute Gasteiger partial charge is 0.357 e. The first kappa shape index (κ1) is 34.1. The second-order valence-corrected chi connectivity index (χ2v) is 14.5. The van der Waals surface area contributed by atoms with Crippen molar-refractivity contribution in [3.63, 3.8) is 0 Å². The van der Waals surface area contributed by atoms with Gasteiger partial charge in [0.2, 0.25) is 15.1 Å². The average Bonchev–Trinajstić information content (AvgIpc) is 2.99. The third-order valence-electron chi connectivity index (χ3n) is 5.57. The summed E-state index contributed by atoms with van der Waals surface area (Å²) in [6.45, 7) is 0.733. The van der Waals surface area contributed by atoms with Crippen LogP contribution in [0.3, 0.4) is 0 Å². The van der Waals surface area contributed by atoms with E-state index in [1.54, 1.807) is 36.4 Å². The van der Waals surface area contributed by atoms with Gasteiger partial charge in [0, 0.05) is 5.57 Å². The summed E-state index contributed by atoms with van der Waals surface area (Å²) in [5.41, 5.74) is -0.323. The largest absolute Gasteiger partial charge is 0.743 e. The third kappa shape index (κ3) is 9.30. The van der Waals surface area contributed by atoms with Crippen molar-refractivity contribution >= 4 is 47.7 Å². The van der Waals surface area contributed by atoms with Crippen LogP contribution in [0.25, 0.3) is 0 Å². The van der Waals surface area contributed by atoms with Crippen molar-refractivity contribution in [1.82, 2.24) is 0 Å². The Morgan fingerprint density at radius 1 is 0.744 bits per heavy atom. The molecule has 0 unspecified atom stereocenters. The molecule has 7 nitrogen and oxygen atoms in total. The Labute approximate surface area is 256 Å². The number of alkyl halides is 2. The summed E-state index contributed by atoms with van der Waals surface area (Å²) in [5, 5.41) is -5.54. The normalized spacial score (nSPS) is 11.8. The van der Waals surface area contributed by atoms with E-state index in [1.807, 2.05) is 54.6 Å². The van der Waals surface area contributed by atoms with Crippen molar-refractivity contribution in [2.75, 3.05) is 13.2 Å². The minimum absolute atomic E-state index is 0.289. The van der Waals surface area contributed by atoms with Crippen molar-refractivity contribution in [1.29, 1.82) is 0 Å². The van der Waals surface area contributed by atoms with E-state index in [9.17, 15) is 35.0 Å². The van der Waals surface area contributed by atoms with Crippen LogP contribution in [0.1, 0.15) is 0 Å². The molecule has 0 saturated heterocycles. The van der Waals surface area contributed by atoms with Gasteiger partial charge >= 0.3 is 5.25 Å². The zero-order valence-electron chi connectivity index (χ0n) is 22.3. The molecule has 0 N–H and O–H groups in total. The predicted molar refractivity (Wildman–Crippen MR) is 159 cm³/mol. The lowest BCUT2D eigenvalue weighted by Gasteiger charge is -2.19. The second-order valence-electron chi connectivity index (χ2n) is 8.68. The number of hydrogen-bond donors (Lipinski definition) is 0. The summed E-state index contributed by atoms with van der Waals surface area (Å²) in [4.78, 5) is 14.4. The minimum Gasteiger partial charge on any atom is -0.743 e. The van der Waals surface area contributed by atoms with Gasteiger partial charge in [-0.15, -0.1) is 0 Å². The Balaban J connectivity index is 0.000000289. The van der Waals surface area contributed by atoms with Gasteiger partial charge in [-0.25, -0.2) is 16.8 Å². The first-order valence-electron chi connectivity index (χ1n) is 12.3. The summed E-state index contributed by atoms with van der Waals surface area (Å²) >= 11 is 4.88. The molecular formula is C30H25ClF2O7S3. The van der Waals surface area contributed by atoms with Crippen LogP contribution in [0.2, 0.25) is 0 Å². The fourth-order valence-corrected chi connectivity index (χ4v) is 7.08. The van der Waals surface area contributed by atoms with Crippen molar-refractivity contribution in [3.05, 3.63) is 127 Å². The van der Waals surface area contributed by atoms with Crippen LogP contribution in [0.4, 0.5) is 8.78 Å². The SMILES string of the molecule is C=C(COCC(F)(F)S(=O)(=O)[O-])C(=O)Cl.O=S(=O)(c1ccccc1)c1ccc([S+](c2ccccc2)c2ccccc2)cc1. The molecule has 0 aliphatic rings. The first-order valence-corrected chi connectivity index (χ1v) is 16.8. The Hall–Kier alpha value is -3.39. The van der Waals surface area contributed by atoms with Crippen LogP contribution in [0, 0.1) is 0 Å². The minimum atomic E-state index is -5.78. The Morgan fingerprint density at radius 3 is 1.56 bits per heavy atom. The molecule has 0 aromatic heterocycles. The summed E-state index contributed by atoms with van der Waals surface area (Å²) in [7, 11) is -9.57. The Kier molecular flexibility index (Phi) is 11.8. The molecule has 4 aromatic rings. The zero-order valence-corrected chi connectivity index (χ0v) is 25.5. The summed E-state index contributed by atoms with van der Waals surface area (Å²) in [5.74, 6) is 0. The standard InChI is InChI=1S/C24H19O2S2.C6H7ClF2O5S/c25-28(26,23-14-8-3-9-15-23)24-18-16-22(17-19-24)27(20-10-4-1-5-11-20)21-12-6-2-7-13-21;1-4(5(7)10)2-14-3-6(8,9)15(11,12)13/h1-19H;1-3H2,(H,11,12,13)/q+1;/p-1. The molecule has 4 rings (SSSR count). The van der Waals surface area contributed by atoms with E-state index in [2.05, 4.69) is 35.6 Å². The van der Waals surface area contributed by atoms with Gasteiger partial charge in [0.1, 0.15) is 6.61 Å². The highest BCUT2D eigenvalue weighted by Gasteiger charge is 2.38. The molecule has 0 bridgehead atoms. The van der Waals surface area contributed by atoms with E-state index in [1.165, 1.54) is 9.79 Å². The molecule has 0 aliphatic heterocycles. The number of hydrogen-bond acceptors (Lipinski definition) is 7. The summed E-state index contributed by atoms with van der Waals surface area (Å²) < 4.78 is 84.5. The average molecular weight is 667 g/mol. The highest BCUT2D eigenvalue weighted by molar-refractivity contribution is 7.97. The van der Waals surface area contributed by atoms with E-state index in [-0.39, 0.29) is 16.5 Å². The van der Waals surface area contributed by atoms with Crippen LogP contribution in [-0.2, 0) is 40.4 Å². The maximum atomic E-state index is 12.9. The van der Waals surface area contributed by atoms with Crippen LogP contribution in [-0.4, -0.2) is 45.1 Å². The Bertz CT molecular complexity index is 1700. The van der Waals surface area contributed by atoms with E-state index < -0.39 is 43.7 Å². The first-order chi connectivity index (χ1) is 20.2. The van der Waals surface area contributed by atoms with E-state index in [4.69, 9.17) is 11.6 Å². The summed E-state index contributed by atoms with van der Waals surface area (Å²) in [6.07, 6.45) is 0. The second kappa shape index (κ2) is 14.9. The van der Waals surface area contributed by atoms with Crippen molar-refractivity contribution in [2.24, 2.45) is 0 Å². The van der Waals surface area contributed by atoms with Crippen molar-refractivity contribution in [3.8, 4) is 0 Å². The molecule has 0 spiro atoms. The van der Waals surface area contributed by atoms with Gasteiger partial charge in [0.15, 0.2) is 24.8 Å². The number of rotatable bonds is 11. The molecular weight excluding hydrogens is 642 g/mol. The summed E-state index contributed by atoms with van der Waals surface area (Å²) in [6, 6.07) is 36.4. The van der Waals surface area contributed by atoms with Gasteiger partial charge < -0.3 is 9.29 Å². The van der Waals surface area contributed by atoms with Gasteiger partial charge in [-0.05, 0) is 72.3 Å². The fraction of sp³-hybridized carbons (Fsp3) is 0.100. The van der Waals surface area contributed by atoms with Gasteiger partial charge in [0.05, 0.1) is 27.3 Å². The van der Waals surface area contributed by atoms with E-state index in [0.717, 1.165) is 4.90 Å². The predicted octanol–water partition coefficient (Wildman–Crippen LogP) is 6.08. The van der Waals surface area contributed by atoms with Crippen LogP contribution in [0.5, 0.6) is 0 Å². The Morgan fingerprint density at radius 2 is 1.14 bits per heavy atom. The fourth-order valence-electron chi connectivity index (χ4n) is 3.43. The quantitative estimate of drug-likeness (QED) is 0.0824. The molecule has 43 heavy (non-hydrogen) atoms. The monoisotopic (exact) mass is 666 g/mol. The number of benzene rings is 4. The van der Waals surface area contributed by atoms with E-state index in [0.29, 0.717) is 9.79 Å². The molecule has 13 heteroatoms. The lowest BCUT2D eigenvalue weighted by molar-refractivity contribution is -0.109. The van der Waals surface area contributed by atoms with Gasteiger partial charge in [-0.3, -0.25) is 4.79 Å². The van der Waals surface area contributed by atoms with E-state index >= 15 is 0 Å². The van der Waals surface area contributed by atoms with Crippen LogP contribution < -0.4 is 0 Å². The highest BCUT2D eigenvalue weighted by Crippen LogP contribution is 2.32. The van der Waals surface area contributed by atoms with Crippen LogP contribution in [0.15, 0.2) is 152 Å². The molecule has 0 heterocycles. The number of carbonyl (C=O) groups excluding carboxylic acids is 1. The maximum absolute atomic E-state index is 12.9. The number of halogens is 3. The lowest BCUT2D eigenvalue weighted by Crippen LogP contribution is -2.34. The maximum Gasteiger partial charge on any atom is 0.357 e. The topological polar surface area (TPSA) is 118 Å². The van der Waals surface area contributed by atoms with Crippen molar-refractivity contribution in [2.45, 2.75) is 29.7 Å².